The molecule has 3 saturated heterocycles. The third-order valence-corrected chi connectivity index (χ3v) is 12.8. The number of hydrogen-bond donors (Lipinski definition) is 4. The van der Waals surface area contributed by atoms with Gasteiger partial charge in [0.05, 0.1) is 39.5 Å². The number of ether oxygens (including phenoxy) is 10. The van der Waals surface area contributed by atoms with E-state index in [-0.39, 0.29) is 43.7 Å². The summed E-state index contributed by atoms with van der Waals surface area (Å²) in [4.78, 5) is 25.9. The fourth-order valence-electron chi connectivity index (χ4n) is 7.86. The smallest absolute Gasteiger partial charge is 0.343 e. The van der Waals surface area contributed by atoms with Crippen LogP contribution >= 0.6 is 7.52 Å². The van der Waals surface area contributed by atoms with E-state index < -0.39 is 92.2 Å². The largest absolute Gasteiger partial charge is 0.493 e. The van der Waals surface area contributed by atoms with Crippen molar-refractivity contribution in [3.63, 3.8) is 0 Å². The van der Waals surface area contributed by atoms with Gasteiger partial charge in [0.25, 0.3) is 0 Å². The second-order valence-corrected chi connectivity index (χ2v) is 16.3. The molecule has 12 atom stereocenters. The number of carboxylic acids is 1. The fraction of sp³-hybridized carbons (Fsp3) is 0.611. The van der Waals surface area contributed by atoms with Crippen LogP contribution in [0.3, 0.4) is 0 Å². The van der Waals surface area contributed by atoms with Gasteiger partial charge in [0, 0.05) is 18.9 Å². The van der Waals surface area contributed by atoms with Crippen LogP contribution in [0.15, 0.2) is 24.3 Å². The molecule has 1 unspecified atom stereocenters. The molecule has 302 valence electrons. The van der Waals surface area contributed by atoms with Gasteiger partial charge in [-0.1, -0.05) is 6.92 Å². The maximum absolute atomic E-state index is 14.2. The van der Waals surface area contributed by atoms with Crippen LogP contribution < -0.4 is 28.6 Å². The van der Waals surface area contributed by atoms with E-state index in [1.165, 1.54) is 28.3 Å². The van der Waals surface area contributed by atoms with Crippen LogP contribution in [0.2, 0.25) is 0 Å². The molecule has 18 nitrogen and oxygen atoms in total. The molecular weight excluding hydrogens is 749 g/mol. The van der Waals surface area contributed by atoms with E-state index in [0.29, 0.717) is 28.2 Å². The number of fused-ring (bicyclic) bond motifs is 4. The quantitative estimate of drug-likeness (QED) is 0.169. The van der Waals surface area contributed by atoms with Gasteiger partial charge in [-0.15, -0.1) is 0 Å². The molecule has 19 heteroatoms. The summed E-state index contributed by atoms with van der Waals surface area (Å²) >= 11 is 0. The summed E-state index contributed by atoms with van der Waals surface area (Å²) in [6.07, 6.45) is -7.68. The lowest BCUT2D eigenvalue weighted by atomic mass is 9.66. The third kappa shape index (κ3) is 7.13. The van der Waals surface area contributed by atoms with E-state index in [2.05, 4.69) is 5.09 Å². The minimum Gasteiger partial charge on any atom is -0.493 e. The molecule has 4 aliphatic heterocycles. The van der Waals surface area contributed by atoms with Gasteiger partial charge in [-0.2, -0.15) is 0 Å². The number of hydrogen-bond acceptors (Lipinski definition) is 16. The van der Waals surface area contributed by atoms with Gasteiger partial charge in [-0.3, -0.25) is 14.2 Å². The van der Waals surface area contributed by atoms with Crippen molar-refractivity contribution in [3.8, 4) is 28.7 Å². The highest BCUT2D eigenvalue weighted by Crippen LogP contribution is 2.58. The Kier molecular flexibility index (Phi) is 11.0. The molecule has 2 aromatic carbocycles. The molecule has 0 bridgehead atoms. The highest BCUT2D eigenvalue weighted by atomic mass is 31.2. The Balaban J connectivity index is 1.29. The summed E-state index contributed by atoms with van der Waals surface area (Å²) in [6, 6.07) is 6.74. The molecule has 0 spiro atoms. The Hall–Kier alpha value is -3.71. The van der Waals surface area contributed by atoms with Crippen molar-refractivity contribution in [2.24, 2.45) is 11.8 Å². The first-order valence-electron chi connectivity index (χ1n) is 17.8. The number of methoxy groups -OCH3 is 3. The number of carbonyl (C=O) groups excluding carboxylic acids is 1. The lowest BCUT2D eigenvalue weighted by molar-refractivity contribution is -0.364. The number of benzene rings is 2. The minimum absolute atomic E-state index is 0.0380. The van der Waals surface area contributed by atoms with Crippen molar-refractivity contribution in [1.29, 1.82) is 0 Å². The van der Waals surface area contributed by atoms with Crippen molar-refractivity contribution in [1.82, 2.24) is 5.09 Å². The van der Waals surface area contributed by atoms with E-state index >= 15 is 0 Å². The maximum Gasteiger partial charge on any atom is 0.343 e. The zero-order valence-electron chi connectivity index (χ0n) is 31.1. The monoisotopic (exact) mass is 795 g/mol. The van der Waals surface area contributed by atoms with Crippen LogP contribution in [0.1, 0.15) is 55.9 Å². The predicted octanol–water partition coefficient (Wildman–Crippen LogP) is 2.65. The Morgan fingerprint density at radius 1 is 0.982 bits per heavy atom. The average Bonchev–Trinajstić information content (AvgIpc) is 3.79. The van der Waals surface area contributed by atoms with Gasteiger partial charge in [-0.25, -0.2) is 5.09 Å². The van der Waals surface area contributed by atoms with E-state index in [0.717, 1.165) is 0 Å². The third-order valence-electron chi connectivity index (χ3n) is 10.9. The SMILES string of the molecule is CC[C@](C)(NP(=O)(COC)Oc1c(OC)cc([C@@H]2c3cc4c(cc3[C@@H](O[C@@H]3O[C@@H]5CO[C@@H](C)O[C@H]5[C@H](O)[C@H]3O)[C@H]3COC(=O)[C@H]23)OCO4)cc1OC)C(=O)O. The second-order valence-electron chi connectivity index (χ2n) is 14.3. The fourth-order valence-corrected chi connectivity index (χ4v) is 9.85. The molecule has 4 N–H and O–H groups in total. The molecule has 5 aliphatic rings. The number of aliphatic carboxylic acids is 1. The van der Waals surface area contributed by atoms with Crippen LogP contribution in [0, 0.1) is 11.8 Å². The summed E-state index contributed by atoms with van der Waals surface area (Å²) in [5.74, 6) is -3.07. The molecule has 3 fully saturated rings. The molecule has 7 rings (SSSR count). The summed E-state index contributed by atoms with van der Waals surface area (Å²) < 4.78 is 78.1. The van der Waals surface area contributed by atoms with E-state index in [1.54, 1.807) is 38.1 Å². The van der Waals surface area contributed by atoms with Crippen molar-refractivity contribution in [3.05, 3.63) is 41.0 Å². The predicted molar refractivity (Wildman–Crippen MR) is 186 cm³/mol. The maximum atomic E-state index is 14.2. The first-order valence-corrected chi connectivity index (χ1v) is 19.7. The Morgan fingerprint density at radius 3 is 2.27 bits per heavy atom. The van der Waals surface area contributed by atoms with Gasteiger partial charge in [0.1, 0.15) is 36.3 Å². The highest BCUT2D eigenvalue weighted by molar-refractivity contribution is 7.57. The van der Waals surface area contributed by atoms with Gasteiger partial charge in [-0.05, 0) is 61.2 Å². The minimum atomic E-state index is -4.10. The topological polar surface area (TPSA) is 225 Å². The molecular formula is C36H46NO17P. The number of carboxylic acid groups (broad SMARTS) is 1. The Bertz CT molecular complexity index is 1820. The summed E-state index contributed by atoms with van der Waals surface area (Å²) in [5, 5.41) is 34.8. The summed E-state index contributed by atoms with van der Waals surface area (Å²) in [6.45, 7) is 4.72. The van der Waals surface area contributed by atoms with Crippen LogP contribution in [0.5, 0.6) is 28.7 Å². The molecule has 0 radical (unpaired) electrons. The molecule has 0 amide bonds. The number of carbonyl (C=O) groups is 2. The van der Waals surface area contributed by atoms with Crippen molar-refractivity contribution < 1.29 is 81.4 Å². The number of esters is 1. The highest BCUT2D eigenvalue weighted by Gasteiger charge is 2.56. The first-order chi connectivity index (χ1) is 26.2. The van der Waals surface area contributed by atoms with Gasteiger partial charge < -0.3 is 67.2 Å². The summed E-state index contributed by atoms with van der Waals surface area (Å²) in [5.41, 5.74) is 0.0777. The van der Waals surface area contributed by atoms with Crippen LogP contribution in [-0.2, 0) is 42.6 Å². The number of aliphatic hydroxyl groups excluding tert-OH is 2. The molecule has 4 heterocycles. The van der Waals surface area contributed by atoms with Crippen molar-refractivity contribution >= 4 is 19.5 Å². The van der Waals surface area contributed by atoms with Crippen molar-refractivity contribution in [2.75, 3.05) is 47.7 Å². The molecule has 0 aromatic heterocycles. The van der Waals surface area contributed by atoms with Crippen LogP contribution in [0.25, 0.3) is 0 Å². The molecule has 1 aliphatic carbocycles. The molecule has 0 saturated carbocycles. The number of cyclic esters (lactones) is 1. The second kappa shape index (κ2) is 15.3. The van der Waals surface area contributed by atoms with E-state index in [9.17, 15) is 29.5 Å². The average molecular weight is 796 g/mol. The summed E-state index contributed by atoms with van der Waals surface area (Å²) in [7, 11) is -0.0557. The molecule has 2 aromatic rings. The number of nitrogens with one attached hydrogen (secondary N) is 1. The standard InChI is InChI=1S/C36H46NO17P/c1-7-36(3,35(41)42)37-55(43,15-44-4)54-31-23(45-5)8-17(9-24(31)46-6)26-18-10-21-22(50-14-49-21)11-19(18)30(20-12-48-33(40)27(20)26)53-34-29(39)28(38)32-25(52-34)13-47-16(2)51-32/h8-11,16,20,25-30,32,34,38-39H,7,12-15H2,1-6H3,(H,37,43)(H,41,42)/t16-,20+,25-,26-,27+,28-,29-,30-,32-,34+,36+,55?/m1/s1. The van der Waals surface area contributed by atoms with Gasteiger partial charge in [0.15, 0.2) is 35.6 Å². The zero-order valence-corrected chi connectivity index (χ0v) is 32.0. The van der Waals surface area contributed by atoms with Crippen LogP contribution in [-0.4, -0.2) is 117 Å². The number of aliphatic hydroxyl groups is 2. The van der Waals surface area contributed by atoms with Gasteiger partial charge in [0.2, 0.25) is 12.5 Å². The first kappa shape index (κ1) is 39.5. The van der Waals surface area contributed by atoms with E-state index in [1.807, 2.05) is 0 Å². The zero-order chi connectivity index (χ0) is 39.4. The normalized spacial score (nSPS) is 32.9. The lowest BCUT2D eigenvalue weighted by Crippen LogP contribution is -2.63. The molecule has 55 heavy (non-hydrogen) atoms. The van der Waals surface area contributed by atoms with E-state index in [4.69, 9.17) is 51.9 Å². The van der Waals surface area contributed by atoms with Crippen LogP contribution in [0.4, 0.5) is 0 Å². The van der Waals surface area contributed by atoms with Gasteiger partial charge >= 0.3 is 19.5 Å². The number of rotatable bonds is 13. The Morgan fingerprint density at radius 2 is 1.65 bits per heavy atom. The van der Waals surface area contributed by atoms with Crippen molar-refractivity contribution in [2.45, 2.75) is 81.7 Å². The lowest BCUT2D eigenvalue weighted by Gasteiger charge is -2.47. The Labute approximate surface area is 316 Å².